The minimum absolute atomic E-state index is 0.248. The lowest BCUT2D eigenvalue weighted by Gasteiger charge is -2.14. The Morgan fingerprint density at radius 1 is 1.07 bits per heavy atom. The van der Waals surface area contributed by atoms with Gasteiger partial charge >= 0.3 is 5.97 Å². The van der Waals surface area contributed by atoms with Crippen LogP contribution in [0.15, 0.2) is 83.9 Å². The van der Waals surface area contributed by atoms with Crippen molar-refractivity contribution in [2.24, 2.45) is 5.10 Å². The number of halogens is 2. The van der Waals surface area contributed by atoms with Crippen LogP contribution in [0.4, 0.5) is 0 Å². The van der Waals surface area contributed by atoms with Crippen molar-refractivity contribution < 1.29 is 23.4 Å². The van der Waals surface area contributed by atoms with Crippen LogP contribution in [0.2, 0.25) is 0 Å². The van der Waals surface area contributed by atoms with Crippen molar-refractivity contribution in [3.05, 3.63) is 85.5 Å². The van der Waals surface area contributed by atoms with Crippen molar-refractivity contribution in [3.8, 4) is 23.1 Å². The molecule has 5 rings (SSSR count). The number of hydrogen-bond donors (Lipinski definition) is 0. The summed E-state index contributed by atoms with van der Waals surface area (Å²) in [6.07, 6.45) is 1.27. The Labute approximate surface area is 252 Å². The second-order valence-electron chi connectivity index (χ2n) is 9.19. The zero-order valence-electron chi connectivity index (χ0n) is 22.4. The van der Waals surface area contributed by atoms with Crippen LogP contribution in [-0.2, 0) is 9.53 Å². The molecule has 0 saturated carbocycles. The largest absolute Gasteiger partial charge is 0.490 e. The third kappa shape index (κ3) is 6.36. The first-order valence-corrected chi connectivity index (χ1v) is 14.4. The van der Waals surface area contributed by atoms with E-state index in [-0.39, 0.29) is 24.1 Å². The van der Waals surface area contributed by atoms with Gasteiger partial charge in [-0.05, 0) is 85.2 Å². The SMILES string of the molecule is CCOc1cc(C=Nn2c(-c3cc4cc(Br)ccc4o3)nc3ccccc3c2=O)c(Br)cc1OCC(=O)OC(C)C. The molecule has 11 heteroatoms. The highest BCUT2D eigenvalue weighted by molar-refractivity contribution is 9.10. The number of ether oxygens (including phenoxy) is 3. The van der Waals surface area contributed by atoms with Gasteiger partial charge in [0.25, 0.3) is 5.56 Å². The molecule has 0 spiro atoms. The molecule has 2 heterocycles. The van der Waals surface area contributed by atoms with Gasteiger partial charge in [-0.25, -0.2) is 9.78 Å². The highest BCUT2D eigenvalue weighted by atomic mass is 79.9. The van der Waals surface area contributed by atoms with Gasteiger partial charge < -0.3 is 18.6 Å². The Morgan fingerprint density at radius 2 is 1.85 bits per heavy atom. The number of hydrogen-bond acceptors (Lipinski definition) is 8. The van der Waals surface area contributed by atoms with Gasteiger partial charge in [-0.2, -0.15) is 9.78 Å². The maximum Gasteiger partial charge on any atom is 0.344 e. The molecule has 0 amide bonds. The molecule has 0 radical (unpaired) electrons. The van der Waals surface area contributed by atoms with E-state index in [0.717, 1.165) is 9.86 Å². The maximum atomic E-state index is 13.6. The standard InChI is InChI=1S/C30H25Br2N3O6/c1-4-38-25-13-19(22(32)14-26(25)39-16-28(36)40-17(2)3)15-33-35-29(34-23-8-6-5-7-21(23)30(35)37)27-12-18-11-20(31)9-10-24(18)41-27/h5-15,17H,4,16H2,1-3H3. The Hall–Kier alpha value is -3.96. The van der Waals surface area contributed by atoms with Crippen molar-refractivity contribution in [3.63, 3.8) is 0 Å². The van der Waals surface area contributed by atoms with Gasteiger partial charge in [-0.1, -0.05) is 28.1 Å². The maximum absolute atomic E-state index is 13.6. The number of benzene rings is 3. The van der Waals surface area contributed by atoms with Crippen LogP contribution in [0.3, 0.4) is 0 Å². The lowest BCUT2D eigenvalue weighted by molar-refractivity contribution is -0.149. The third-order valence-corrected chi connectivity index (χ3v) is 7.02. The molecule has 41 heavy (non-hydrogen) atoms. The molecule has 210 valence electrons. The summed E-state index contributed by atoms with van der Waals surface area (Å²) in [5.74, 6) is 0.918. The first-order valence-electron chi connectivity index (χ1n) is 12.8. The molecule has 0 aliphatic rings. The van der Waals surface area contributed by atoms with Crippen molar-refractivity contribution in [1.82, 2.24) is 9.66 Å². The average molecular weight is 683 g/mol. The Morgan fingerprint density at radius 3 is 2.63 bits per heavy atom. The fourth-order valence-corrected chi connectivity index (χ4v) is 4.90. The molecule has 9 nitrogen and oxygen atoms in total. The van der Waals surface area contributed by atoms with E-state index < -0.39 is 5.97 Å². The molecule has 0 aliphatic carbocycles. The van der Waals surface area contributed by atoms with Crippen molar-refractivity contribution >= 4 is 65.9 Å². The molecule has 0 fully saturated rings. The van der Waals surface area contributed by atoms with E-state index in [1.165, 1.54) is 10.9 Å². The molecular formula is C30H25Br2N3O6. The van der Waals surface area contributed by atoms with Crippen LogP contribution in [0.1, 0.15) is 26.3 Å². The number of nitrogens with zero attached hydrogens (tertiary/aromatic N) is 3. The number of aromatic nitrogens is 2. The van der Waals surface area contributed by atoms with Gasteiger partial charge in [-0.3, -0.25) is 4.79 Å². The minimum atomic E-state index is -0.488. The second-order valence-corrected chi connectivity index (χ2v) is 11.0. The molecule has 0 aliphatic heterocycles. The summed E-state index contributed by atoms with van der Waals surface area (Å²) in [5, 5.41) is 5.80. The predicted molar refractivity (Wildman–Crippen MR) is 164 cm³/mol. The molecule has 5 aromatic rings. The zero-order valence-corrected chi connectivity index (χ0v) is 25.6. The van der Waals surface area contributed by atoms with Crippen LogP contribution in [0.25, 0.3) is 33.5 Å². The van der Waals surface area contributed by atoms with Gasteiger partial charge in [-0.15, -0.1) is 0 Å². The molecule has 2 aromatic heterocycles. The molecule has 0 N–H and O–H groups in total. The van der Waals surface area contributed by atoms with E-state index in [4.69, 9.17) is 23.6 Å². The van der Waals surface area contributed by atoms with Crippen molar-refractivity contribution in [2.75, 3.05) is 13.2 Å². The number of rotatable bonds is 9. The third-order valence-electron chi connectivity index (χ3n) is 5.84. The fraction of sp³-hybridized carbons (Fsp3) is 0.200. The van der Waals surface area contributed by atoms with Crippen LogP contribution >= 0.6 is 31.9 Å². The monoisotopic (exact) mass is 681 g/mol. The van der Waals surface area contributed by atoms with E-state index >= 15 is 0 Å². The molecule has 0 bridgehead atoms. The summed E-state index contributed by atoms with van der Waals surface area (Å²) < 4.78 is 25.4. The Kier molecular flexibility index (Phi) is 8.55. The van der Waals surface area contributed by atoms with E-state index in [1.807, 2.05) is 37.3 Å². The summed E-state index contributed by atoms with van der Waals surface area (Å²) in [4.78, 5) is 30.3. The molecule has 0 atom stereocenters. The van der Waals surface area contributed by atoms with Crippen LogP contribution in [0, 0.1) is 0 Å². The van der Waals surface area contributed by atoms with Crippen LogP contribution in [-0.4, -0.2) is 41.2 Å². The number of fused-ring (bicyclic) bond motifs is 2. The summed E-state index contributed by atoms with van der Waals surface area (Å²) in [6.45, 7) is 5.47. The van der Waals surface area contributed by atoms with E-state index in [0.29, 0.717) is 50.4 Å². The Balaban J connectivity index is 1.56. The number of carbonyl (C=O) groups is 1. The summed E-state index contributed by atoms with van der Waals surface area (Å²) in [5.41, 5.74) is 1.43. The molecule has 3 aromatic carbocycles. The van der Waals surface area contributed by atoms with Crippen LogP contribution < -0.4 is 15.0 Å². The topological polar surface area (TPSA) is 105 Å². The first-order chi connectivity index (χ1) is 19.7. The first kappa shape index (κ1) is 28.6. The lowest BCUT2D eigenvalue weighted by Crippen LogP contribution is -2.20. The van der Waals surface area contributed by atoms with Gasteiger partial charge in [0.2, 0.25) is 5.82 Å². The zero-order chi connectivity index (χ0) is 29.1. The molecule has 0 unspecified atom stereocenters. The number of furan rings is 1. The quantitative estimate of drug-likeness (QED) is 0.122. The van der Waals surface area contributed by atoms with Crippen LogP contribution in [0.5, 0.6) is 11.5 Å². The van der Waals surface area contributed by atoms with Crippen molar-refractivity contribution in [1.29, 1.82) is 0 Å². The van der Waals surface area contributed by atoms with E-state index in [2.05, 4.69) is 37.0 Å². The van der Waals surface area contributed by atoms with Gasteiger partial charge in [0.15, 0.2) is 23.9 Å². The summed E-state index contributed by atoms with van der Waals surface area (Å²) in [6, 6.07) is 17.9. The number of para-hydroxylation sites is 1. The normalized spacial score (nSPS) is 11.6. The highest BCUT2D eigenvalue weighted by Crippen LogP contribution is 2.34. The Bertz CT molecular complexity index is 1840. The average Bonchev–Trinajstić information content (AvgIpc) is 3.35. The highest BCUT2D eigenvalue weighted by Gasteiger charge is 2.18. The molecular weight excluding hydrogens is 658 g/mol. The van der Waals surface area contributed by atoms with Gasteiger partial charge in [0.1, 0.15) is 5.58 Å². The van der Waals surface area contributed by atoms with Crippen molar-refractivity contribution in [2.45, 2.75) is 26.9 Å². The lowest BCUT2D eigenvalue weighted by atomic mass is 10.2. The van der Waals surface area contributed by atoms with Gasteiger partial charge in [0, 0.05) is 19.9 Å². The smallest absolute Gasteiger partial charge is 0.344 e. The fourth-order valence-electron chi connectivity index (χ4n) is 4.10. The number of carbonyl (C=O) groups excluding carboxylic acids is 1. The number of esters is 1. The summed E-state index contributed by atoms with van der Waals surface area (Å²) in [7, 11) is 0. The van der Waals surface area contributed by atoms with E-state index in [1.54, 1.807) is 44.2 Å². The second kappa shape index (κ2) is 12.3. The van der Waals surface area contributed by atoms with E-state index in [9.17, 15) is 9.59 Å². The van der Waals surface area contributed by atoms with Gasteiger partial charge in [0.05, 0.1) is 29.8 Å². The predicted octanol–water partition coefficient (Wildman–Crippen LogP) is 6.95. The minimum Gasteiger partial charge on any atom is -0.490 e. The summed E-state index contributed by atoms with van der Waals surface area (Å²) >= 11 is 7.02. The molecule has 0 saturated heterocycles.